The van der Waals surface area contributed by atoms with Crippen molar-refractivity contribution in [2.24, 2.45) is 5.92 Å². The van der Waals surface area contributed by atoms with E-state index >= 15 is 4.39 Å². The number of hydrogen-bond donors (Lipinski definition) is 3. The van der Waals surface area contributed by atoms with E-state index < -0.39 is 23.9 Å². The molecule has 0 radical (unpaired) electrons. The first-order chi connectivity index (χ1) is 20.8. The van der Waals surface area contributed by atoms with Crippen molar-refractivity contribution in [3.8, 4) is 5.75 Å². The number of hydrogen-bond acceptors (Lipinski definition) is 5. The van der Waals surface area contributed by atoms with Crippen molar-refractivity contribution in [3.05, 3.63) is 93.9 Å². The number of amides is 2. The van der Waals surface area contributed by atoms with Crippen LogP contribution in [0.1, 0.15) is 53.2 Å². The number of allylic oxidation sites excluding steroid dienone is 1. The van der Waals surface area contributed by atoms with Crippen LogP contribution in [0.25, 0.3) is 11.0 Å². The number of phenols is 1. The first-order valence-corrected chi connectivity index (χ1v) is 14.7. The molecule has 1 fully saturated rings. The Hall–Kier alpha value is -4.57. The predicted molar refractivity (Wildman–Crippen MR) is 161 cm³/mol. The lowest BCUT2D eigenvalue weighted by atomic mass is 9.90. The Kier molecular flexibility index (Phi) is 6.73. The number of imidazole rings is 1. The Morgan fingerprint density at radius 3 is 2.79 bits per heavy atom. The van der Waals surface area contributed by atoms with Gasteiger partial charge >= 0.3 is 6.09 Å². The van der Waals surface area contributed by atoms with Crippen molar-refractivity contribution in [1.82, 2.24) is 14.9 Å². The summed E-state index contributed by atoms with van der Waals surface area (Å²) < 4.78 is 15.3. The number of nitrogens with one attached hydrogen (secondary N) is 1. The quantitative estimate of drug-likeness (QED) is 0.235. The largest absolute Gasteiger partial charge is 0.507 e. The molecular weight excluding hydrogens is 573 g/mol. The van der Waals surface area contributed by atoms with E-state index in [9.17, 15) is 19.8 Å². The van der Waals surface area contributed by atoms with Crippen molar-refractivity contribution in [2.75, 3.05) is 29.4 Å². The standard InChI is InChI=1S/C32H29ClFN5O4/c33-21-8-4-10-25(28(21)34)39-29(20-7-3-11-26(40)27(20)30(39)41)18-12-13-22-23(16-18)36-31(35-22)38(32(42)43)17-19-6-5-15-37-14-2-1-9-24(19)37/h3-4,7-13,16,19,29,40H,1-2,5-6,14-15,17H2,(H,35,36)(H,42,43). The summed E-state index contributed by atoms with van der Waals surface area (Å²) in [6.07, 6.45) is 5.19. The Bertz CT molecular complexity index is 1810. The number of fused-ring (bicyclic) bond motifs is 3. The van der Waals surface area contributed by atoms with Crippen LogP contribution < -0.4 is 9.80 Å². The summed E-state index contributed by atoms with van der Waals surface area (Å²) >= 11 is 6.09. The van der Waals surface area contributed by atoms with Crippen LogP contribution in [0.3, 0.4) is 0 Å². The monoisotopic (exact) mass is 601 g/mol. The van der Waals surface area contributed by atoms with Gasteiger partial charge in [-0.3, -0.25) is 9.69 Å². The maximum Gasteiger partial charge on any atom is 0.414 e. The van der Waals surface area contributed by atoms with E-state index in [2.05, 4.69) is 20.9 Å². The van der Waals surface area contributed by atoms with Gasteiger partial charge in [0.15, 0.2) is 5.82 Å². The Morgan fingerprint density at radius 2 is 1.95 bits per heavy atom. The molecule has 0 bridgehead atoms. The van der Waals surface area contributed by atoms with Crippen LogP contribution in [-0.4, -0.2) is 56.7 Å². The summed E-state index contributed by atoms with van der Waals surface area (Å²) in [6, 6.07) is 13.7. The third kappa shape index (κ3) is 4.57. The van der Waals surface area contributed by atoms with Gasteiger partial charge in [0.2, 0.25) is 5.95 Å². The average Bonchev–Trinajstić information content (AvgIpc) is 3.55. The minimum Gasteiger partial charge on any atom is -0.507 e. The fourth-order valence-corrected chi connectivity index (χ4v) is 6.92. The minimum absolute atomic E-state index is 0.0147. The molecule has 0 saturated carbocycles. The number of aromatic nitrogens is 2. The van der Waals surface area contributed by atoms with E-state index in [1.54, 1.807) is 36.4 Å². The number of rotatable bonds is 5. The van der Waals surface area contributed by atoms with Crippen molar-refractivity contribution >= 4 is 46.3 Å². The predicted octanol–water partition coefficient (Wildman–Crippen LogP) is 6.68. The minimum atomic E-state index is -1.10. The molecule has 3 aliphatic heterocycles. The summed E-state index contributed by atoms with van der Waals surface area (Å²) in [5.41, 5.74) is 3.55. The van der Waals surface area contributed by atoms with Gasteiger partial charge in [-0.15, -0.1) is 0 Å². The molecule has 3 aliphatic rings. The van der Waals surface area contributed by atoms with Crippen LogP contribution in [0.5, 0.6) is 5.75 Å². The Balaban J connectivity index is 1.27. The van der Waals surface area contributed by atoms with Crippen molar-refractivity contribution in [1.29, 1.82) is 0 Å². The second-order valence-corrected chi connectivity index (χ2v) is 11.6. The molecule has 43 heavy (non-hydrogen) atoms. The van der Waals surface area contributed by atoms with Gasteiger partial charge in [0.1, 0.15) is 5.75 Å². The number of benzene rings is 3. The molecule has 2 unspecified atom stereocenters. The van der Waals surface area contributed by atoms with E-state index in [-0.39, 0.29) is 40.4 Å². The third-order valence-electron chi connectivity index (χ3n) is 8.70. The third-order valence-corrected chi connectivity index (χ3v) is 8.99. The van der Waals surface area contributed by atoms with E-state index in [4.69, 9.17) is 11.6 Å². The highest BCUT2D eigenvalue weighted by atomic mass is 35.5. The average molecular weight is 602 g/mol. The Labute approximate surface area is 251 Å². The second-order valence-electron chi connectivity index (χ2n) is 11.2. The van der Waals surface area contributed by atoms with Gasteiger partial charge in [0.05, 0.1) is 33.3 Å². The molecular formula is C32H29ClFN5O4. The number of halogens is 2. The number of carbonyl (C=O) groups is 2. The maximum absolute atomic E-state index is 15.3. The van der Waals surface area contributed by atoms with Crippen LogP contribution in [0, 0.1) is 11.7 Å². The number of anilines is 2. The molecule has 7 rings (SSSR count). The summed E-state index contributed by atoms with van der Waals surface area (Å²) in [5.74, 6) is -1.20. The second kappa shape index (κ2) is 10.6. The Morgan fingerprint density at radius 1 is 1.14 bits per heavy atom. The van der Waals surface area contributed by atoms with Gasteiger partial charge in [-0.05, 0) is 67.1 Å². The zero-order valence-corrected chi connectivity index (χ0v) is 23.9. The normalized spacial score (nSPS) is 19.8. The number of piperidine rings is 1. The smallest absolute Gasteiger partial charge is 0.414 e. The molecule has 2 atom stereocenters. The molecule has 220 valence electrons. The van der Waals surface area contributed by atoms with Gasteiger partial charge in [-0.1, -0.05) is 41.9 Å². The molecule has 9 nitrogen and oxygen atoms in total. The van der Waals surface area contributed by atoms with Crippen LogP contribution in [0.4, 0.5) is 20.8 Å². The van der Waals surface area contributed by atoms with E-state index in [1.165, 1.54) is 33.7 Å². The van der Waals surface area contributed by atoms with E-state index in [0.717, 1.165) is 38.8 Å². The number of carbonyl (C=O) groups excluding carboxylic acids is 1. The highest BCUT2D eigenvalue weighted by Crippen LogP contribution is 2.46. The highest BCUT2D eigenvalue weighted by molar-refractivity contribution is 6.31. The fraction of sp³-hybridized carbons (Fsp3) is 0.281. The number of phenolic OH excluding ortho intramolecular Hbond substituents is 1. The van der Waals surface area contributed by atoms with Crippen molar-refractivity contribution in [2.45, 2.75) is 31.7 Å². The van der Waals surface area contributed by atoms with Gasteiger partial charge < -0.3 is 20.1 Å². The van der Waals surface area contributed by atoms with Crippen LogP contribution >= 0.6 is 11.6 Å². The molecule has 3 aromatic carbocycles. The number of H-pyrrole nitrogens is 1. The maximum atomic E-state index is 15.3. The fourth-order valence-electron chi connectivity index (χ4n) is 6.76. The van der Waals surface area contributed by atoms with Gasteiger partial charge in [0, 0.05) is 31.2 Å². The van der Waals surface area contributed by atoms with Gasteiger partial charge in [0.25, 0.3) is 5.91 Å². The summed E-state index contributed by atoms with van der Waals surface area (Å²) in [4.78, 5) is 38.8. The SMILES string of the molecule is O=C(O)N(CC1CCCN2CCCC=C12)c1nc2ccc(C3c4cccc(O)c4C(=O)N3c3cccc(Cl)c3F)cc2[nH]1. The summed E-state index contributed by atoms with van der Waals surface area (Å²) in [5, 5.41) is 20.7. The lowest BCUT2D eigenvalue weighted by Gasteiger charge is -2.40. The van der Waals surface area contributed by atoms with Crippen molar-refractivity contribution < 1.29 is 24.2 Å². The first kappa shape index (κ1) is 27.3. The number of aromatic hydroxyl groups is 1. The molecule has 3 N–H and O–H groups in total. The van der Waals surface area contributed by atoms with Crippen LogP contribution in [0.15, 0.2) is 66.4 Å². The molecule has 2 amide bonds. The van der Waals surface area contributed by atoms with Crippen molar-refractivity contribution in [3.63, 3.8) is 0 Å². The summed E-state index contributed by atoms with van der Waals surface area (Å²) in [7, 11) is 0. The molecule has 0 aliphatic carbocycles. The van der Waals surface area contributed by atoms with Crippen LogP contribution in [0.2, 0.25) is 5.02 Å². The number of carboxylic acid groups (broad SMARTS) is 1. The topological polar surface area (TPSA) is 113 Å². The number of nitrogens with zero attached hydrogens (tertiary/aromatic N) is 4. The molecule has 4 heterocycles. The summed E-state index contributed by atoms with van der Waals surface area (Å²) in [6.45, 7) is 2.29. The zero-order valence-electron chi connectivity index (χ0n) is 23.1. The zero-order chi connectivity index (χ0) is 29.8. The lowest BCUT2D eigenvalue weighted by molar-refractivity contribution is 0.0990. The molecule has 0 spiro atoms. The van der Waals surface area contributed by atoms with E-state index in [1.807, 2.05) is 0 Å². The molecule has 1 saturated heterocycles. The number of aromatic amines is 1. The molecule has 1 aromatic heterocycles. The first-order valence-electron chi connectivity index (χ1n) is 14.4. The van der Waals surface area contributed by atoms with Gasteiger partial charge in [-0.25, -0.2) is 19.1 Å². The lowest BCUT2D eigenvalue weighted by Crippen LogP contribution is -2.42. The van der Waals surface area contributed by atoms with E-state index in [0.29, 0.717) is 22.2 Å². The molecule has 4 aromatic rings. The molecule has 11 heteroatoms. The van der Waals surface area contributed by atoms with Crippen LogP contribution in [-0.2, 0) is 0 Å². The van der Waals surface area contributed by atoms with Gasteiger partial charge in [-0.2, -0.15) is 0 Å². The highest BCUT2D eigenvalue weighted by Gasteiger charge is 2.42.